The summed E-state index contributed by atoms with van der Waals surface area (Å²) in [6, 6.07) is 0. The van der Waals surface area contributed by atoms with Crippen LogP contribution in [0, 0.1) is 5.41 Å². The van der Waals surface area contributed by atoms with E-state index >= 15 is 0 Å². The minimum absolute atomic E-state index is 0.274. The number of alkyl halides is 3. The van der Waals surface area contributed by atoms with Crippen molar-refractivity contribution in [1.82, 2.24) is 0 Å². The standard InChI is InChI=1S/C16H20Cl3NO9S/c1-6(21)25-5-10-11(26-7(2)22)12(27-8(3)23)13(28-9(4)24)14(30-10)29-15(20)16(17,18)19/h10-14,20H,5H2,1-4H3/t10-,11+,12+,13-,14+/m1/s1. The van der Waals surface area contributed by atoms with Gasteiger partial charge in [0.05, 0.1) is 5.25 Å². The van der Waals surface area contributed by atoms with E-state index in [1.165, 1.54) is 6.92 Å². The number of carbonyl (C=O) groups excluding carboxylic acids is 4. The maximum Gasteiger partial charge on any atom is 0.303 e. The molecule has 0 aromatic carbocycles. The van der Waals surface area contributed by atoms with Crippen LogP contribution in [0.1, 0.15) is 27.7 Å². The van der Waals surface area contributed by atoms with Crippen LogP contribution in [-0.2, 0) is 42.9 Å². The number of hydrogen-bond donors (Lipinski definition) is 1. The normalized spacial score (nSPS) is 26.2. The molecule has 1 aliphatic heterocycles. The molecule has 30 heavy (non-hydrogen) atoms. The van der Waals surface area contributed by atoms with Crippen LogP contribution >= 0.6 is 46.6 Å². The number of esters is 4. The van der Waals surface area contributed by atoms with E-state index in [1.54, 1.807) is 0 Å². The van der Waals surface area contributed by atoms with E-state index in [0.717, 1.165) is 32.5 Å². The van der Waals surface area contributed by atoms with Gasteiger partial charge in [-0.25, -0.2) is 0 Å². The van der Waals surface area contributed by atoms with E-state index in [9.17, 15) is 19.2 Å². The van der Waals surface area contributed by atoms with Gasteiger partial charge in [0.15, 0.2) is 23.7 Å². The lowest BCUT2D eigenvalue weighted by Gasteiger charge is -2.43. The SMILES string of the molecule is CC(=O)OC[C@H]1S[C@H](OC(=N)C(Cl)(Cl)Cl)[C@H](OC(C)=O)[C@@H](OC(C)=O)[C@H]1OC(C)=O. The highest BCUT2D eigenvalue weighted by molar-refractivity contribution is 8.00. The van der Waals surface area contributed by atoms with E-state index < -0.39 is 62.6 Å². The highest BCUT2D eigenvalue weighted by Gasteiger charge is 2.53. The van der Waals surface area contributed by atoms with Crippen LogP contribution in [0.3, 0.4) is 0 Å². The lowest BCUT2D eigenvalue weighted by atomic mass is 10.0. The Balaban J connectivity index is 3.37. The minimum atomic E-state index is -2.23. The fourth-order valence-corrected chi connectivity index (χ4v) is 3.97. The summed E-state index contributed by atoms with van der Waals surface area (Å²) in [4.78, 5) is 46.3. The van der Waals surface area contributed by atoms with Gasteiger partial charge < -0.3 is 23.7 Å². The van der Waals surface area contributed by atoms with E-state index in [0.29, 0.717) is 0 Å². The van der Waals surface area contributed by atoms with Crippen molar-refractivity contribution in [3.05, 3.63) is 0 Å². The van der Waals surface area contributed by atoms with Crippen molar-refractivity contribution >= 4 is 76.3 Å². The molecular weight excluding hydrogens is 489 g/mol. The van der Waals surface area contributed by atoms with Crippen molar-refractivity contribution in [2.75, 3.05) is 6.61 Å². The van der Waals surface area contributed by atoms with Gasteiger partial charge in [-0.1, -0.05) is 34.8 Å². The maximum absolute atomic E-state index is 11.7. The molecule has 0 aliphatic carbocycles. The highest BCUT2D eigenvalue weighted by Crippen LogP contribution is 2.40. The number of nitrogens with one attached hydrogen (secondary N) is 1. The Labute approximate surface area is 191 Å². The summed E-state index contributed by atoms with van der Waals surface area (Å²) in [6.45, 7) is 4.21. The molecule has 14 heteroatoms. The molecular formula is C16H20Cl3NO9S. The second-order valence-electron chi connectivity index (χ2n) is 6.01. The monoisotopic (exact) mass is 507 g/mol. The Hall–Kier alpha value is -1.43. The largest absolute Gasteiger partial charge is 0.465 e. The predicted octanol–water partition coefficient (Wildman–Crippen LogP) is 2.15. The van der Waals surface area contributed by atoms with Gasteiger partial charge in [-0.05, 0) is 0 Å². The van der Waals surface area contributed by atoms with Gasteiger partial charge in [-0.2, -0.15) is 0 Å². The van der Waals surface area contributed by atoms with Crippen molar-refractivity contribution < 1.29 is 42.9 Å². The number of hydrogen-bond acceptors (Lipinski definition) is 11. The van der Waals surface area contributed by atoms with Crippen LogP contribution in [0.5, 0.6) is 0 Å². The van der Waals surface area contributed by atoms with Crippen LogP contribution in [0.25, 0.3) is 0 Å². The van der Waals surface area contributed by atoms with Gasteiger partial charge in [-0.3, -0.25) is 24.6 Å². The Morgan fingerprint density at radius 2 is 1.27 bits per heavy atom. The zero-order chi connectivity index (χ0) is 23.2. The number of rotatable bonds is 6. The smallest absolute Gasteiger partial charge is 0.303 e. The Bertz CT molecular complexity index is 700. The van der Waals surface area contributed by atoms with E-state index in [1.807, 2.05) is 0 Å². The summed E-state index contributed by atoms with van der Waals surface area (Å²) in [7, 11) is 0. The number of carbonyl (C=O) groups is 4. The summed E-state index contributed by atoms with van der Waals surface area (Å²) in [5.74, 6) is -3.68. The molecule has 0 spiro atoms. The van der Waals surface area contributed by atoms with E-state index in [-0.39, 0.29) is 6.61 Å². The van der Waals surface area contributed by atoms with Gasteiger partial charge in [0.2, 0.25) is 5.90 Å². The fraction of sp³-hybridized carbons (Fsp3) is 0.688. The van der Waals surface area contributed by atoms with Gasteiger partial charge in [0, 0.05) is 27.7 Å². The van der Waals surface area contributed by atoms with Crippen LogP contribution in [0.15, 0.2) is 0 Å². The molecule has 0 aromatic heterocycles. The summed E-state index contributed by atoms with van der Waals surface area (Å²) in [5.41, 5.74) is -1.23. The molecule has 0 unspecified atom stereocenters. The zero-order valence-electron chi connectivity index (χ0n) is 16.3. The van der Waals surface area contributed by atoms with Crippen LogP contribution in [0.2, 0.25) is 0 Å². The first-order valence-corrected chi connectivity index (χ1v) is 10.4. The molecule has 1 heterocycles. The molecule has 1 saturated heterocycles. The number of thioether (sulfide) groups is 1. The third-order valence-electron chi connectivity index (χ3n) is 3.44. The second kappa shape index (κ2) is 11.3. The molecule has 0 bridgehead atoms. The molecule has 1 fully saturated rings. The molecule has 1 rings (SSSR count). The quantitative estimate of drug-likeness (QED) is 0.187. The lowest BCUT2D eigenvalue weighted by molar-refractivity contribution is -0.190. The van der Waals surface area contributed by atoms with Crippen molar-refractivity contribution in [3.63, 3.8) is 0 Å². The molecule has 0 aromatic rings. The van der Waals surface area contributed by atoms with Crippen molar-refractivity contribution in [2.24, 2.45) is 0 Å². The Morgan fingerprint density at radius 1 is 0.800 bits per heavy atom. The van der Waals surface area contributed by atoms with Gasteiger partial charge >= 0.3 is 23.9 Å². The molecule has 1 aliphatic rings. The average molecular weight is 509 g/mol. The van der Waals surface area contributed by atoms with Crippen LogP contribution < -0.4 is 0 Å². The molecule has 0 saturated carbocycles. The Morgan fingerprint density at radius 3 is 1.70 bits per heavy atom. The number of halogens is 3. The third kappa shape index (κ3) is 8.37. The summed E-state index contributed by atoms with van der Waals surface area (Å²) in [5, 5.41) is 6.97. The summed E-state index contributed by atoms with van der Waals surface area (Å²) >= 11 is 17.8. The first-order valence-electron chi connectivity index (χ1n) is 8.35. The van der Waals surface area contributed by atoms with Crippen LogP contribution in [-0.4, -0.2) is 69.2 Å². The van der Waals surface area contributed by atoms with E-state index in [2.05, 4.69) is 0 Å². The summed E-state index contributed by atoms with van der Waals surface area (Å²) < 4.78 is 23.9. The van der Waals surface area contributed by atoms with Crippen molar-refractivity contribution in [1.29, 1.82) is 5.41 Å². The summed E-state index contributed by atoms with van der Waals surface area (Å²) in [6.07, 6.45) is -3.88. The topological polar surface area (TPSA) is 138 Å². The predicted molar refractivity (Wildman–Crippen MR) is 108 cm³/mol. The Kier molecular flexibility index (Phi) is 9.99. The van der Waals surface area contributed by atoms with Gasteiger partial charge in [0.1, 0.15) is 6.61 Å². The molecule has 0 radical (unpaired) electrons. The highest BCUT2D eigenvalue weighted by atomic mass is 35.6. The van der Waals surface area contributed by atoms with Crippen molar-refractivity contribution in [3.8, 4) is 0 Å². The van der Waals surface area contributed by atoms with Crippen LogP contribution in [0.4, 0.5) is 0 Å². The van der Waals surface area contributed by atoms with E-state index in [4.69, 9.17) is 63.9 Å². The van der Waals surface area contributed by atoms with Gasteiger partial charge in [-0.15, -0.1) is 11.8 Å². The third-order valence-corrected chi connectivity index (χ3v) is 5.34. The minimum Gasteiger partial charge on any atom is -0.465 e. The first-order chi connectivity index (χ1) is 13.7. The second-order valence-corrected chi connectivity index (χ2v) is 9.64. The molecule has 10 nitrogen and oxygen atoms in total. The fourth-order valence-electron chi connectivity index (χ4n) is 2.47. The molecule has 170 valence electrons. The molecule has 0 amide bonds. The maximum atomic E-state index is 11.7. The van der Waals surface area contributed by atoms with Gasteiger partial charge in [0.25, 0.3) is 3.79 Å². The lowest BCUT2D eigenvalue weighted by Crippen LogP contribution is -2.59. The first kappa shape index (κ1) is 26.6. The van der Waals surface area contributed by atoms with Crippen molar-refractivity contribution in [2.45, 2.75) is 60.5 Å². The average Bonchev–Trinajstić information content (AvgIpc) is 2.56. The molecule has 1 N–H and O–H groups in total. The zero-order valence-corrected chi connectivity index (χ0v) is 19.4. The number of ether oxygens (including phenoxy) is 5. The molecule has 5 atom stereocenters.